The summed E-state index contributed by atoms with van der Waals surface area (Å²) in [5.74, 6) is 0. The van der Waals surface area contributed by atoms with Crippen molar-refractivity contribution in [3.8, 4) is 0 Å². The number of hydrogen-bond donors (Lipinski definition) is 2. The zero-order valence-corrected chi connectivity index (χ0v) is 13.3. The molecule has 0 aromatic carbocycles. The number of methoxy groups -OCH3 is 1. The molecule has 0 amide bonds. The molecule has 1 fully saturated rings. The first-order chi connectivity index (χ1) is 9.56. The van der Waals surface area contributed by atoms with Gasteiger partial charge >= 0.3 is 0 Å². The van der Waals surface area contributed by atoms with Gasteiger partial charge in [-0.15, -0.1) is 0 Å². The maximum Gasteiger partial charge on any atom is 0.0900 e. The third kappa shape index (κ3) is 6.50. The second-order valence-corrected chi connectivity index (χ2v) is 5.91. The molecule has 1 rings (SSSR count). The molecular formula is C15H32N2O3. The Morgan fingerprint density at radius 3 is 2.45 bits per heavy atom. The summed E-state index contributed by atoms with van der Waals surface area (Å²) in [4.78, 5) is 2.36. The molecule has 5 heteroatoms. The van der Waals surface area contributed by atoms with E-state index in [1.807, 2.05) is 6.92 Å². The highest BCUT2D eigenvalue weighted by Gasteiger charge is 2.24. The van der Waals surface area contributed by atoms with Gasteiger partial charge in [-0.3, -0.25) is 4.90 Å². The van der Waals surface area contributed by atoms with Gasteiger partial charge in [0.15, 0.2) is 0 Å². The average molecular weight is 288 g/mol. The van der Waals surface area contributed by atoms with Crippen LogP contribution in [0.4, 0.5) is 0 Å². The number of rotatable bonds is 9. The molecule has 2 atom stereocenters. The van der Waals surface area contributed by atoms with E-state index in [0.29, 0.717) is 31.8 Å². The number of hydrogen-bond acceptors (Lipinski definition) is 5. The van der Waals surface area contributed by atoms with E-state index in [-0.39, 0.29) is 6.10 Å². The fraction of sp³-hybridized carbons (Fsp3) is 1.00. The van der Waals surface area contributed by atoms with E-state index in [1.54, 1.807) is 7.11 Å². The molecule has 120 valence electrons. The molecule has 1 aliphatic rings. The summed E-state index contributed by atoms with van der Waals surface area (Å²) in [6, 6.07) is 0.930. The number of ether oxygens (including phenoxy) is 2. The SMILES string of the molecule is CCN(CC(O)COC(C)COC)C1CCC(N)CC1. The minimum Gasteiger partial charge on any atom is -0.389 e. The highest BCUT2D eigenvalue weighted by molar-refractivity contribution is 4.81. The first-order valence-corrected chi connectivity index (χ1v) is 7.85. The van der Waals surface area contributed by atoms with Gasteiger partial charge in [0.25, 0.3) is 0 Å². The Hall–Kier alpha value is -0.200. The van der Waals surface area contributed by atoms with Crippen LogP contribution in [0.15, 0.2) is 0 Å². The highest BCUT2D eigenvalue weighted by atomic mass is 16.5. The zero-order chi connectivity index (χ0) is 15.0. The molecule has 2 unspecified atom stereocenters. The second-order valence-electron chi connectivity index (χ2n) is 5.91. The summed E-state index contributed by atoms with van der Waals surface area (Å²) >= 11 is 0. The topological polar surface area (TPSA) is 68.0 Å². The van der Waals surface area contributed by atoms with Crippen LogP contribution in [0.3, 0.4) is 0 Å². The van der Waals surface area contributed by atoms with Crippen molar-refractivity contribution in [2.24, 2.45) is 5.73 Å². The minimum atomic E-state index is -0.440. The van der Waals surface area contributed by atoms with Crippen molar-refractivity contribution in [1.29, 1.82) is 0 Å². The molecule has 0 bridgehead atoms. The van der Waals surface area contributed by atoms with E-state index in [4.69, 9.17) is 15.2 Å². The van der Waals surface area contributed by atoms with Crippen LogP contribution in [0.1, 0.15) is 39.5 Å². The summed E-state index contributed by atoms with van der Waals surface area (Å²) in [7, 11) is 1.66. The fourth-order valence-corrected chi connectivity index (χ4v) is 2.88. The third-order valence-corrected chi connectivity index (χ3v) is 4.08. The number of nitrogens with zero attached hydrogens (tertiary/aromatic N) is 1. The predicted octanol–water partition coefficient (Wildman–Crippen LogP) is 0.991. The average Bonchev–Trinajstić information content (AvgIpc) is 2.44. The lowest BCUT2D eigenvalue weighted by molar-refractivity contribution is -0.0438. The summed E-state index contributed by atoms with van der Waals surface area (Å²) < 4.78 is 10.6. The van der Waals surface area contributed by atoms with Gasteiger partial charge in [-0.1, -0.05) is 6.92 Å². The van der Waals surface area contributed by atoms with Gasteiger partial charge in [-0.05, 0) is 39.2 Å². The molecule has 5 nitrogen and oxygen atoms in total. The molecule has 0 spiro atoms. The van der Waals surface area contributed by atoms with Crippen molar-refractivity contribution in [1.82, 2.24) is 4.90 Å². The first kappa shape index (κ1) is 17.9. The van der Waals surface area contributed by atoms with E-state index >= 15 is 0 Å². The first-order valence-electron chi connectivity index (χ1n) is 7.85. The number of aliphatic hydroxyl groups is 1. The Kier molecular flexibility index (Phi) is 8.64. The van der Waals surface area contributed by atoms with Gasteiger partial charge in [-0.2, -0.15) is 0 Å². The van der Waals surface area contributed by atoms with Gasteiger partial charge in [0.05, 0.1) is 25.4 Å². The highest BCUT2D eigenvalue weighted by Crippen LogP contribution is 2.22. The minimum absolute atomic E-state index is 0.0254. The molecule has 3 N–H and O–H groups in total. The van der Waals surface area contributed by atoms with E-state index in [0.717, 1.165) is 32.2 Å². The molecule has 20 heavy (non-hydrogen) atoms. The molecular weight excluding hydrogens is 256 g/mol. The molecule has 0 radical (unpaired) electrons. The standard InChI is InChI=1S/C15H32N2O3/c1-4-17(14-7-5-13(16)6-8-14)9-15(18)11-20-12(2)10-19-3/h12-15,18H,4-11,16H2,1-3H3. The van der Waals surface area contributed by atoms with Crippen LogP contribution in [0, 0.1) is 0 Å². The lowest BCUT2D eigenvalue weighted by Gasteiger charge is -2.36. The molecule has 0 aromatic heterocycles. The van der Waals surface area contributed by atoms with E-state index < -0.39 is 6.10 Å². The number of likely N-dealkylation sites (N-methyl/N-ethyl adjacent to an activating group) is 1. The van der Waals surface area contributed by atoms with Crippen LogP contribution in [0.2, 0.25) is 0 Å². The van der Waals surface area contributed by atoms with Crippen LogP contribution in [0.25, 0.3) is 0 Å². The lowest BCUT2D eigenvalue weighted by Crippen LogP contribution is -2.45. The third-order valence-electron chi connectivity index (χ3n) is 4.08. The van der Waals surface area contributed by atoms with Crippen LogP contribution in [0.5, 0.6) is 0 Å². The van der Waals surface area contributed by atoms with E-state index in [2.05, 4.69) is 11.8 Å². The summed E-state index contributed by atoms with van der Waals surface area (Å²) in [5, 5.41) is 10.1. The summed E-state index contributed by atoms with van der Waals surface area (Å²) in [6.45, 7) is 6.67. The summed E-state index contributed by atoms with van der Waals surface area (Å²) in [5.41, 5.74) is 5.95. The molecule has 0 heterocycles. The zero-order valence-electron chi connectivity index (χ0n) is 13.3. The maximum absolute atomic E-state index is 10.1. The molecule has 0 aliphatic heterocycles. The van der Waals surface area contributed by atoms with Crippen LogP contribution >= 0.6 is 0 Å². The molecule has 1 saturated carbocycles. The second kappa shape index (κ2) is 9.68. The molecule has 0 aromatic rings. The van der Waals surface area contributed by atoms with Crippen LogP contribution < -0.4 is 5.73 Å². The number of nitrogens with two attached hydrogens (primary N) is 1. The van der Waals surface area contributed by atoms with Gasteiger partial charge in [0.1, 0.15) is 0 Å². The van der Waals surface area contributed by atoms with Crippen molar-refractivity contribution in [3.63, 3.8) is 0 Å². The maximum atomic E-state index is 10.1. The Morgan fingerprint density at radius 1 is 1.25 bits per heavy atom. The van der Waals surface area contributed by atoms with Gasteiger partial charge in [0.2, 0.25) is 0 Å². The van der Waals surface area contributed by atoms with E-state index in [9.17, 15) is 5.11 Å². The van der Waals surface area contributed by atoms with Crippen molar-refractivity contribution in [2.45, 2.75) is 63.8 Å². The van der Waals surface area contributed by atoms with Gasteiger partial charge < -0.3 is 20.3 Å². The van der Waals surface area contributed by atoms with Gasteiger partial charge in [-0.25, -0.2) is 0 Å². The quantitative estimate of drug-likeness (QED) is 0.662. The van der Waals surface area contributed by atoms with E-state index in [1.165, 1.54) is 0 Å². The number of aliphatic hydroxyl groups excluding tert-OH is 1. The molecule has 1 aliphatic carbocycles. The van der Waals surface area contributed by atoms with Gasteiger partial charge in [0, 0.05) is 25.7 Å². The smallest absolute Gasteiger partial charge is 0.0900 e. The Bertz CT molecular complexity index is 245. The van der Waals surface area contributed by atoms with Crippen LogP contribution in [-0.4, -0.2) is 67.7 Å². The fourth-order valence-electron chi connectivity index (χ4n) is 2.88. The Labute approximate surface area is 123 Å². The van der Waals surface area contributed by atoms with Crippen LogP contribution in [-0.2, 0) is 9.47 Å². The lowest BCUT2D eigenvalue weighted by atomic mass is 9.90. The Morgan fingerprint density at radius 2 is 1.90 bits per heavy atom. The summed E-state index contributed by atoms with van der Waals surface area (Å²) in [6.07, 6.45) is 4.06. The van der Waals surface area contributed by atoms with Crippen molar-refractivity contribution >= 4 is 0 Å². The Balaban J connectivity index is 2.28. The molecule has 0 saturated heterocycles. The largest absolute Gasteiger partial charge is 0.389 e. The predicted molar refractivity (Wildman–Crippen MR) is 80.8 cm³/mol. The monoisotopic (exact) mass is 288 g/mol. The van der Waals surface area contributed by atoms with Crippen molar-refractivity contribution in [2.75, 3.05) is 33.4 Å². The van der Waals surface area contributed by atoms with Crippen molar-refractivity contribution < 1.29 is 14.6 Å². The normalized spacial score (nSPS) is 26.7. The van der Waals surface area contributed by atoms with Crippen molar-refractivity contribution in [3.05, 3.63) is 0 Å².